The molecule has 6 heteroatoms. The van der Waals surface area contributed by atoms with Crippen molar-refractivity contribution in [3.05, 3.63) is 41.8 Å². The Kier molecular flexibility index (Phi) is 8.22. The van der Waals surface area contributed by atoms with Crippen LogP contribution in [0.1, 0.15) is 38.2 Å². The minimum atomic E-state index is -0.679. The van der Waals surface area contributed by atoms with E-state index in [2.05, 4.69) is 24.0 Å². The van der Waals surface area contributed by atoms with Gasteiger partial charge in [0.1, 0.15) is 5.82 Å². The molecule has 26 heavy (non-hydrogen) atoms. The Bertz CT molecular complexity index is 658. The highest BCUT2D eigenvalue weighted by Gasteiger charge is 2.14. The Morgan fingerprint density at radius 3 is 2.62 bits per heavy atom. The standard InChI is InChI=1S/C20H30FN3O2/c1-3-4-11-23(2)13-17-14-24(12-5-6-19(26)15-25)22-20(17)16-7-9-18(21)10-8-16/h7-10,14,19,25-26H,3-6,11-13,15H2,1-2H3. The van der Waals surface area contributed by atoms with Crippen LogP contribution in [0.4, 0.5) is 4.39 Å². The summed E-state index contributed by atoms with van der Waals surface area (Å²) in [5, 5.41) is 23.1. The lowest BCUT2D eigenvalue weighted by atomic mass is 10.1. The summed E-state index contributed by atoms with van der Waals surface area (Å²) in [7, 11) is 2.10. The highest BCUT2D eigenvalue weighted by atomic mass is 19.1. The number of rotatable bonds is 11. The van der Waals surface area contributed by atoms with E-state index in [4.69, 9.17) is 5.11 Å². The smallest absolute Gasteiger partial charge is 0.123 e. The Hall–Kier alpha value is -1.76. The molecule has 0 amide bonds. The zero-order valence-corrected chi connectivity index (χ0v) is 15.7. The van der Waals surface area contributed by atoms with Crippen LogP contribution in [0.2, 0.25) is 0 Å². The predicted octanol–water partition coefficient (Wildman–Crippen LogP) is 3.05. The number of halogens is 1. The van der Waals surface area contributed by atoms with E-state index in [0.717, 1.165) is 49.2 Å². The van der Waals surface area contributed by atoms with E-state index in [1.165, 1.54) is 12.1 Å². The summed E-state index contributed by atoms with van der Waals surface area (Å²) in [5.41, 5.74) is 2.88. The topological polar surface area (TPSA) is 61.5 Å². The Labute approximate surface area is 155 Å². The van der Waals surface area contributed by atoms with Gasteiger partial charge in [0.15, 0.2) is 0 Å². The molecule has 0 radical (unpaired) electrons. The van der Waals surface area contributed by atoms with Crippen LogP contribution >= 0.6 is 0 Å². The molecule has 0 aliphatic rings. The maximum absolute atomic E-state index is 13.3. The maximum atomic E-state index is 13.3. The van der Waals surface area contributed by atoms with Crippen molar-refractivity contribution in [3.8, 4) is 11.3 Å². The maximum Gasteiger partial charge on any atom is 0.123 e. The van der Waals surface area contributed by atoms with Crippen molar-refractivity contribution >= 4 is 0 Å². The normalized spacial score (nSPS) is 12.7. The van der Waals surface area contributed by atoms with Crippen molar-refractivity contribution in [2.75, 3.05) is 20.2 Å². The summed E-state index contributed by atoms with van der Waals surface area (Å²) in [5.74, 6) is -0.257. The Balaban J connectivity index is 2.15. The van der Waals surface area contributed by atoms with Gasteiger partial charge >= 0.3 is 0 Å². The van der Waals surface area contributed by atoms with Crippen LogP contribution in [0.3, 0.4) is 0 Å². The number of aromatic nitrogens is 2. The van der Waals surface area contributed by atoms with Gasteiger partial charge in [-0.1, -0.05) is 13.3 Å². The molecule has 0 bridgehead atoms. The third-order valence-electron chi connectivity index (χ3n) is 4.42. The van der Waals surface area contributed by atoms with E-state index in [1.54, 1.807) is 12.1 Å². The quantitative estimate of drug-likeness (QED) is 0.644. The van der Waals surface area contributed by atoms with Crippen molar-refractivity contribution in [3.63, 3.8) is 0 Å². The minimum absolute atomic E-state index is 0.215. The first kappa shape index (κ1) is 20.6. The average Bonchev–Trinajstić information content (AvgIpc) is 3.02. The zero-order valence-electron chi connectivity index (χ0n) is 15.7. The first-order chi connectivity index (χ1) is 12.5. The van der Waals surface area contributed by atoms with Gasteiger partial charge in [-0.3, -0.25) is 4.68 Å². The number of hydrogen-bond acceptors (Lipinski definition) is 4. The second-order valence-electron chi connectivity index (χ2n) is 6.84. The molecule has 1 aromatic carbocycles. The van der Waals surface area contributed by atoms with E-state index in [0.29, 0.717) is 13.0 Å². The van der Waals surface area contributed by atoms with E-state index >= 15 is 0 Å². The molecule has 1 unspecified atom stereocenters. The molecular formula is C20H30FN3O2. The van der Waals surface area contributed by atoms with Gasteiger partial charge in [0, 0.05) is 30.4 Å². The predicted molar refractivity (Wildman–Crippen MR) is 101 cm³/mol. The lowest BCUT2D eigenvalue weighted by molar-refractivity contribution is 0.0854. The highest BCUT2D eigenvalue weighted by molar-refractivity contribution is 5.62. The molecule has 1 atom stereocenters. The average molecular weight is 363 g/mol. The fourth-order valence-electron chi connectivity index (χ4n) is 2.92. The van der Waals surface area contributed by atoms with Gasteiger partial charge in [-0.25, -0.2) is 4.39 Å². The largest absolute Gasteiger partial charge is 0.394 e. The molecule has 2 rings (SSSR count). The van der Waals surface area contributed by atoms with Crippen LogP contribution in [-0.4, -0.2) is 51.2 Å². The van der Waals surface area contributed by atoms with Gasteiger partial charge in [-0.15, -0.1) is 0 Å². The summed E-state index contributed by atoms with van der Waals surface area (Å²) in [6.07, 6.45) is 4.93. The number of benzene rings is 1. The third-order valence-corrected chi connectivity index (χ3v) is 4.42. The number of aliphatic hydroxyl groups is 2. The Morgan fingerprint density at radius 2 is 1.96 bits per heavy atom. The fourth-order valence-corrected chi connectivity index (χ4v) is 2.92. The molecule has 0 saturated heterocycles. The lowest BCUT2D eigenvalue weighted by Crippen LogP contribution is -2.19. The molecule has 0 aliphatic heterocycles. The molecule has 0 spiro atoms. The molecule has 2 aromatic rings. The van der Waals surface area contributed by atoms with Gasteiger partial charge < -0.3 is 15.1 Å². The molecule has 0 fully saturated rings. The second kappa shape index (κ2) is 10.4. The minimum Gasteiger partial charge on any atom is -0.394 e. The molecule has 1 aromatic heterocycles. The lowest BCUT2D eigenvalue weighted by Gasteiger charge is -2.15. The van der Waals surface area contributed by atoms with Gasteiger partial charge in [0.25, 0.3) is 0 Å². The number of nitrogens with zero attached hydrogens (tertiary/aromatic N) is 3. The number of hydrogen-bond donors (Lipinski definition) is 2. The van der Waals surface area contributed by atoms with Crippen LogP contribution in [0.15, 0.2) is 30.5 Å². The summed E-state index contributed by atoms with van der Waals surface area (Å²) in [6, 6.07) is 6.42. The van der Waals surface area contributed by atoms with Crippen LogP contribution in [0, 0.1) is 5.82 Å². The van der Waals surface area contributed by atoms with Crippen molar-refractivity contribution in [2.45, 2.75) is 51.8 Å². The van der Waals surface area contributed by atoms with E-state index in [1.807, 2.05) is 10.9 Å². The third kappa shape index (κ3) is 6.20. The van der Waals surface area contributed by atoms with Gasteiger partial charge in [0.2, 0.25) is 0 Å². The van der Waals surface area contributed by atoms with E-state index < -0.39 is 6.10 Å². The van der Waals surface area contributed by atoms with Gasteiger partial charge in [-0.2, -0.15) is 5.10 Å². The van der Waals surface area contributed by atoms with Gasteiger partial charge in [-0.05, 0) is 57.1 Å². The van der Waals surface area contributed by atoms with Crippen LogP contribution in [-0.2, 0) is 13.1 Å². The number of unbranched alkanes of at least 4 members (excludes halogenated alkanes) is 1. The Morgan fingerprint density at radius 1 is 1.23 bits per heavy atom. The fraction of sp³-hybridized carbons (Fsp3) is 0.550. The summed E-state index contributed by atoms with van der Waals surface area (Å²) < 4.78 is 15.1. The summed E-state index contributed by atoms with van der Waals surface area (Å²) >= 11 is 0. The van der Waals surface area contributed by atoms with Crippen molar-refractivity contribution < 1.29 is 14.6 Å². The van der Waals surface area contributed by atoms with E-state index in [9.17, 15) is 9.50 Å². The molecule has 144 valence electrons. The van der Waals surface area contributed by atoms with Crippen LogP contribution < -0.4 is 0 Å². The van der Waals surface area contributed by atoms with E-state index in [-0.39, 0.29) is 12.4 Å². The molecule has 2 N–H and O–H groups in total. The van der Waals surface area contributed by atoms with Gasteiger partial charge in [0.05, 0.1) is 18.4 Å². The van der Waals surface area contributed by atoms with Crippen molar-refractivity contribution in [1.82, 2.24) is 14.7 Å². The van der Waals surface area contributed by atoms with Crippen molar-refractivity contribution in [1.29, 1.82) is 0 Å². The number of aryl methyl sites for hydroxylation is 1. The SMILES string of the molecule is CCCCN(C)Cc1cn(CCCC(O)CO)nc1-c1ccc(F)cc1. The number of aliphatic hydroxyl groups excluding tert-OH is 2. The molecule has 1 heterocycles. The second-order valence-corrected chi connectivity index (χ2v) is 6.84. The monoisotopic (exact) mass is 363 g/mol. The summed E-state index contributed by atoms with van der Waals surface area (Å²) in [6.45, 7) is 4.44. The highest BCUT2D eigenvalue weighted by Crippen LogP contribution is 2.24. The van der Waals surface area contributed by atoms with Crippen molar-refractivity contribution in [2.24, 2.45) is 0 Å². The molecule has 0 aliphatic carbocycles. The van der Waals surface area contributed by atoms with Crippen LogP contribution in [0.25, 0.3) is 11.3 Å². The van der Waals surface area contributed by atoms with Crippen LogP contribution in [0.5, 0.6) is 0 Å². The molecule has 5 nitrogen and oxygen atoms in total. The molecule has 0 saturated carbocycles. The first-order valence-electron chi connectivity index (χ1n) is 9.33. The first-order valence-corrected chi connectivity index (χ1v) is 9.33. The summed E-state index contributed by atoms with van der Waals surface area (Å²) in [4.78, 5) is 2.27. The molecular weight excluding hydrogens is 333 g/mol. The zero-order chi connectivity index (χ0) is 18.9.